The molecule has 0 amide bonds. The first-order valence-electron chi connectivity index (χ1n) is 10.7. The Kier molecular flexibility index (Phi) is 11.6. The van der Waals surface area contributed by atoms with Crippen LogP contribution in [-0.4, -0.2) is 40.7 Å². The number of aryl methyl sites for hydroxylation is 1. The van der Waals surface area contributed by atoms with Gasteiger partial charge in [-0.1, -0.05) is 37.3 Å². The van der Waals surface area contributed by atoms with Crippen LogP contribution in [0.3, 0.4) is 0 Å². The third-order valence-electron chi connectivity index (χ3n) is 5.28. The Morgan fingerprint density at radius 3 is 2.42 bits per heavy atom. The van der Waals surface area contributed by atoms with Crippen LogP contribution in [0.4, 0.5) is 0 Å². The molecule has 0 unspecified atom stereocenters. The van der Waals surface area contributed by atoms with Crippen LogP contribution in [0.15, 0.2) is 30.3 Å². The highest BCUT2D eigenvalue weighted by Crippen LogP contribution is 2.35. The Morgan fingerprint density at radius 2 is 1.81 bits per heavy atom. The van der Waals surface area contributed by atoms with Crippen LogP contribution in [0.2, 0.25) is 0 Å². The molecule has 1 aliphatic heterocycles. The number of halogens is 2. The van der Waals surface area contributed by atoms with E-state index in [1.807, 2.05) is 19.9 Å². The summed E-state index contributed by atoms with van der Waals surface area (Å²) in [5.74, 6) is 1.99. The predicted octanol–water partition coefficient (Wildman–Crippen LogP) is 4.73. The van der Waals surface area contributed by atoms with E-state index in [9.17, 15) is 0 Å². The molecular formula is C23H36Cl2N4O2. The average Bonchev–Trinajstić information content (AvgIpc) is 2.70. The van der Waals surface area contributed by atoms with Crippen molar-refractivity contribution in [2.45, 2.75) is 71.2 Å². The Balaban J connectivity index is 0.00000240. The molecule has 1 aliphatic rings. The molecule has 31 heavy (non-hydrogen) atoms. The summed E-state index contributed by atoms with van der Waals surface area (Å²) in [5, 5.41) is 0. The smallest absolute Gasteiger partial charge is 0.225 e. The van der Waals surface area contributed by atoms with Gasteiger partial charge in [-0.15, -0.1) is 24.8 Å². The predicted molar refractivity (Wildman–Crippen MR) is 130 cm³/mol. The van der Waals surface area contributed by atoms with Gasteiger partial charge in [0.25, 0.3) is 0 Å². The molecule has 0 spiro atoms. The molecule has 174 valence electrons. The normalized spacial score (nSPS) is 18.8. The lowest BCUT2D eigenvalue weighted by Gasteiger charge is -2.40. The van der Waals surface area contributed by atoms with Crippen LogP contribution >= 0.6 is 24.8 Å². The summed E-state index contributed by atoms with van der Waals surface area (Å²) in [5.41, 5.74) is 8.72. The molecule has 2 heterocycles. The van der Waals surface area contributed by atoms with E-state index < -0.39 is 0 Å². The quantitative estimate of drug-likeness (QED) is 0.600. The van der Waals surface area contributed by atoms with Crippen molar-refractivity contribution in [2.75, 3.05) is 13.7 Å². The highest BCUT2D eigenvalue weighted by atomic mass is 35.5. The lowest BCUT2D eigenvalue weighted by atomic mass is 9.90. The van der Waals surface area contributed by atoms with Crippen molar-refractivity contribution in [1.82, 2.24) is 14.9 Å². The van der Waals surface area contributed by atoms with Gasteiger partial charge in [-0.05, 0) is 45.2 Å². The number of hydrogen-bond donors (Lipinski definition) is 1. The minimum Gasteiger partial charge on any atom is -0.481 e. The Bertz CT molecular complexity index is 793. The van der Waals surface area contributed by atoms with Crippen molar-refractivity contribution in [3.05, 3.63) is 47.3 Å². The van der Waals surface area contributed by atoms with Crippen molar-refractivity contribution in [1.29, 1.82) is 0 Å². The van der Waals surface area contributed by atoms with Crippen LogP contribution < -0.4 is 15.2 Å². The molecular weight excluding hydrogens is 435 g/mol. The van der Waals surface area contributed by atoms with Crippen molar-refractivity contribution in [2.24, 2.45) is 5.73 Å². The standard InChI is InChI=1S/C23H34N4O2.2ClH/c1-5-10-20-25-22(28-4)18(23(26-20)29-16(2)3)15-27-14-9-13-19(24)21(27)17-11-7-6-8-12-17;;/h6-8,11-12,16,19,21H,5,9-10,13-15,24H2,1-4H3;2*1H/t19-,21-;;/m0../s1. The zero-order chi connectivity index (χ0) is 20.8. The first-order valence-corrected chi connectivity index (χ1v) is 10.7. The fraction of sp³-hybridized carbons (Fsp3) is 0.565. The fourth-order valence-electron chi connectivity index (χ4n) is 4.03. The maximum Gasteiger partial charge on any atom is 0.225 e. The summed E-state index contributed by atoms with van der Waals surface area (Å²) < 4.78 is 11.8. The fourth-order valence-corrected chi connectivity index (χ4v) is 4.03. The number of nitrogens with zero attached hydrogens (tertiary/aromatic N) is 3. The molecule has 2 atom stereocenters. The first-order chi connectivity index (χ1) is 14.0. The van der Waals surface area contributed by atoms with Gasteiger partial charge >= 0.3 is 0 Å². The van der Waals surface area contributed by atoms with E-state index in [1.54, 1.807) is 7.11 Å². The molecule has 2 aromatic rings. The summed E-state index contributed by atoms with van der Waals surface area (Å²) in [6.07, 6.45) is 3.89. The minimum absolute atomic E-state index is 0. The number of methoxy groups -OCH3 is 1. The van der Waals surface area contributed by atoms with E-state index in [-0.39, 0.29) is 43.0 Å². The Hall–Kier alpha value is -1.60. The number of nitrogens with two attached hydrogens (primary N) is 1. The van der Waals surface area contributed by atoms with Crippen molar-refractivity contribution in [3.63, 3.8) is 0 Å². The lowest BCUT2D eigenvalue weighted by Crippen LogP contribution is -2.45. The zero-order valence-electron chi connectivity index (χ0n) is 18.9. The molecule has 1 aromatic carbocycles. The summed E-state index contributed by atoms with van der Waals surface area (Å²) >= 11 is 0. The van der Waals surface area contributed by atoms with E-state index in [2.05, 4.69) is 41.1 Å². The van der Waals surface area contributed by atoms with Gasteiger partial charge in [-0.25, -0.2) is 0 Å². The maximum atomic E-state index is 6.57. The van der Waals surface area contributed by atoms with Crippen molar-refractivity contribution in [3.8, 4) is 11.8 Å². The number of ether oxygens (including phenoxy) is 2. The minimum atomic E-state index is 0. The van der Waals surface area contributed by atoms with Gasteiger partial charge in [0.2, 0.25) is 11.8 Å². The monoisotopic (exact) mass is 470 g/mol. The second kappa shape index (κ2) is 13.1. The zero-order valence-corrected chi connectivity index (χ0v) is 20.5. The molecule has 8 heteroatoms. The van der Waals surface area contributed by atoms with Crippen LogP contribution in [0.5, 0.6) is 11.8 Å². The van der Waals surface area contributed by atoms with E-state index >= 15 is 0 Å². The summed E-state index contributed by atoms with van der Waals surface area (Å²) in [7, 11) is 1.66. The number of benzene rings is 1. The Morgan fingerprint density at radius 1 is 1.13 bits per heavy atom. The molecule has 6 nitrogen and oxygen atoms in total. The lowest BCUT2D eigenvalue weighted by molar-refractivity contribution is 0.115. The van der Waals surface area contributed by atoms with Crippen LogP contribution in [-0.2, 0) is 13.0 Å². The van der Waals surface area contributed by atoms with E-state index in [0.717, 1.165) is 43.6 Å². The van der Waals surface area contributed by atoms with Gasteiger partial charge in [0.15, 0.2) is 0 Å². The molecule has 0 aliphatic carbocycles. The summed E-state index contributed by atoms with van der Waals surface area (Å²) in [6.45, 7) is 7.76. The molecule has 3 rings (SSSR count). The second-order valence-corrected chi connectivity index (χ2v) is 7.98. The number of rotatable bonds is 8. The third kappa shape index (κ3) is 6.94. The first kappa shape index (κ1) is 27.4. The molecule has 1 saturated heterocycles. The van der Waals surface area contributed by atoms with Gasteiger partial charge < -0.3 is 15.2 Å². The molecule has 1 fully saturated rings. The number of piperidine rings is 1. The number of aromatic nitrogens is 2. The number of likely N-dealkylation sites (tertiary alicyclic amines) is 1. The highest BCUT2D eigenvalue weighted by Gasteiger charge is 2.32. The highest BCUT2D eigenvalue weighted by molar-refractivity contribution is 5.85. The largest absolute Gasteiger partial charge is 0.481 e. The average molecular weight is 471 g/mol. The molecule has 2 N–H and O–H groups in total. The summed E-state index contributed by atoms with van der Waals surface area (Å²) in [6, 6.07) is 10.7. The maximum absolute atomic E-state index is 6.57. The number of hydrogen-bond acceptors (Lipinski definition) is 6. The van der Waals surface area contributed by atoms with Crippen LogP contribution in [0, 0.1) is 0 Å². The van der Waals surface area contributed by atoms with Crippen LogP contribution in [0.1, 0.15) is 63.0 Å². The van der Waals surface area contributed by atoms with E-state index in [0.29, 0.717) is 18.3 Å². The van der Waals surface area contributed by atoms with Gasteiger partial charge in [0, 0.05) is 19.0 Å². The SMILES string of the molecule is CCCc1nc(OC)c(CN2CCC[C@H](N)[C@@H]2c2ccccc2)c(OC(C)C)n1.Cl.Cl. The van der Waals surface area contributed by atoms with E-state index in [4.69, 9.17) is 20.2 Å². The third-order valence-corrected chi connectivity index (χ3v) is 5.28. The Labute approximate surface area is 198 Å². The van der Waals surface area contributed by atoms with Crippen molar-refractivity contribution >= 4 is 24.8 Å². The summed E-state index contributed by atoms with van der Waals surface area (Å²) in [4.78, 5) is 11.8. The topological polar surface area (TPSA) is 73.5 Å². The van der Waals surface area contributed by atoms with Gasteiger partial charge in [-0.2, -0.15) is 9.97 Å². The van der Waals surface area contributed by atoms with Gasteiger partial charge in [0.05, 0.1) is 24.8 Å². The molecule has 0 bridgehead atoms. The molecule has 1 aromatic heterocycles. The second-order valence-electron chi connectivity index (χ2n) is 7.98. The van der Waals surface area contributed by atoms with Crippen LogP contribution in [0.25, 0.3) is 0 Å². The molecule has 0 saturated carbocycles. The van der Waals surface area contributed by atoms with Crippen molar-refractivity contribution < 1.29 is 9.47 Å². The van der Waals surface area contributed by atoms with Gasteiger partial charge in [0.1, 0.15) is 5.82 Å². The van der Waals surface area contributed by atoms with Gasteiger partial charge in [-0.3, -0.25) is 4.90 Å². The van der Waals surface area contributed by atoms with E-state index in [1.165, 1.54) is 5.56 Å². The molecule has 0 radical (unpaired) electrons.